The Balaban J connectivity index is 1.58. The molecule has 2 heterocycles. The Morgan fingerprint density at radius 1 is 0.613 bits per heavy atom. The third-order valence-corrected chi connectivity index (χ3v) is 5.22. The zero-order valence-electron chi connectivity index (χ0n) is 18.0. The number of hydrogen-bond donors (Lipinski definition) is 0. The summed E-state index contributed by atoms with van der Waals surface area (Å²) in [7, 11) is 0. The molecule has 0 spiro atoms. The molecule has 2 aromatic rings. The van der Waals surface area contributed by atoms with Crippen LogP contribution in [0, 0.1) is 11.8 Å². The van der Waals surface area contributed by atoms with Crippen molar-refractivity contribution in [2.24, 2.45) is 11.8 Å². The van der Waals surface area contributed by atoms with Crippen LogP contribution in [-0.2, 0) is 0 Å². The first kappa shape index (κ1) is 20.8. The van der Waals surface area contributed by atoms with Gasteiger partial charge >= 0.3 is 0 Å². The molecule has 0 radical (unpaired) electrons. The second-order valence-electron chi connectivity index (χ2n) is 8.75. The summed E-state index contributed by atoms with van der Waals surface area (Å²) in [5.41, 5.74) is 1.33. The second-order valence-corrected chi connectivity index (χ2v) is 8.75. The van der Waals surface area contributed by atoms with E-state index in [2.05, 4.69) is 0 Å². The highest BCUT2D eigenvalue weighted by molar-refractivity contribution is 6.22. The van der Waals surface area contributed by atoms with Gasteiger partial charge in [-0.15, -0.1) is 0 Å². The van der Waals surface area contributed by atoms with Crippen molar-refractivity contribution in [3.8, 4) is 11.5 Å². The Kier molecular flexibility index (Phi) is 5.13. The number of carbonyl (C=O) groups excluding carboxylic acids is 4. The summed E-state index contributed by atoms with van der Waals surface area (Å²) in [6.45, 7) is 8.49. The maximum absolute atomic E-state index is 12.7. The van der Waals surface area contributed by atoms with E-state index in [1.165, 1.54) is 9.80 Å². The number of hydrogen-bond acceptors (Lipinski definition) is 5. The first-order valence-corrected chi connectivity index (χ1v) is 10.4. The highest BCUT2D eigenvalue weighted by atomic mass is 16.5. The molecule has 4 rings (SSSR count). The van der Waals surface area contributed by atoms with Gasteiger partial charge in [0, 0.05) is 13.1 Å². The molecule has 7 heteroatoms. The Morgan fingerprint density at radius 3 is 1.32 bits per heavy atom. The van der Waals surface area contributed by atoms with Crippen LogP contribution in [0.2, 0.25) is 0 Å². The standard InChI is InChI=1S/C24H24N2O5/c1-13(2)11-25-21(27)17-7-5-15(9-19(17)23(25)29)31-16-6-8-18-20(10-16)24(30)26(22(18)28)12-14(3)4/h5-10,13-14H,11-12H2,1-4H3. The number of carbonyl (C=O) groups is 4. The maximum Gasteiger partial charge on any atom is 0.261 e. The first-order chi connectivity index (χ1) is 14.7. The lowest BCUT2D eigenvalue weighted by atomic mass is 10.1. The van der Waals surface area contributed by atoms with Gasteiger partial charge in [-0.25, -0.2) is 0 Å². The van der Waals surface area contributed by atoms with Crippen LogP contribution in [-0.4, -0.2) is 46.5 Å². The largest absolute Gasteiger partial charge is 0.457 e. The summed E-state index contributed by atoms with van der Waals surface area (Å²) in [5.74, 6) is -0.181. The summed E-state index contributed by atoms with van der Waals surface area (Å²) in [5, 5.41) is 0. The smallest absolute Gasteiger partial charge is 0.261 e. The Labute approximate surface area is 180 Å². The van der Waals surface area contributed by atoms with E-state index in [0.29, 0.717) is 46.8 Å². The average Bonchev–Trinajstić information content (AvgIpc) is 3.08. The van der Waals surface area contributed by atoms with Crippen molar-refractivity contribution < 1.29 is 23.9 Å². The van der Waals surface area contributed by atoms with Crippen molar-refractivity contribution in [1.29, 1.82) is 0 Å². The van der Waals surface area contributed by atoms with Gasteiger partial charge in [0.15, 0.2) is 0 Å². The molecule has 0 saturated carbocycles. The quantitative estimate of drug-likeness (QED) is 0.660. The summed E-state index contributed by atoms with van der Waals surface area (Å²) < 4.78 is 5.86. The Hall–Kier alpha value is -3.48. The van der Waals surface area contributed by atoms with E-state index < -0.39 is 0 Å². The fourth-order valence-corrected chi connectivity index (χ4v) is 3.86. The minimum Gasteiger partial charge on any atom is -0.457 e. The van der Waals surface area contributed by atoms with Crippen molar-refractivity contribution in [3.63, 3.8) is 0 Å². The van der Waals surface area contributed by atoms with Crippen LogP contribution in [0.25, 0.3) is 0 Å². The summed E-state index contributed by atoms with van der Waals surface area (Å²) in [6, 6.07) is 9.49. The fourth-order valence-electron chi connectivity index (χ4n) is 3.86. The Morgan fingerprint density at radius 2 is 0.968 bits per heavy atom. The zero-order chi connectivity index (χ0) is 22.4. The monoisotopic (exact) mass is 420 g/mol. The van der Waals surface area contributed by atoms with E-state index in [1.807, 2.05) is 27.7 Å². The topological polar surface area (TPSA) is 84.0 Å². The number of amides is 4. The third kappa shape index (κ3) is 3.60. The molecular weight excluding hydrogens is 396 g/mol. The predicted octanol–water partition coefficient (Wildman–Crippen LogP) is 3.98. The van der Waals surface area contributed by atoms with E-state index >= 15 is 0 Å². The first-order valence-electron chi connectivity index (χ1n) is 10.4. The zero-order valence-corrected chi connectivity index (χ0v) is 18.0. The molecule has 0 saturated heterocycles. The molecule has 2 aliphatic rings. The third-order valence-electron chi connectivity index (χ3n) is 5.22. The van der Waals surface area contributed by atoms with Gasteiger partial charge in [-0.2, -0.15) is 0 Å². The minimum absolute atomic E-state index is 0.167. The number of ether oxygens (including phenoxy) is 1. The van der Waals surface area contributed by atoms with Crippen LogP contribution >= 0.6 is 0 Å². The summed E-state index contributed by atoms with van der Waals surface area (Å²) in [4.78, 5) is 52.8. The number of fused-ring (bicyclic) bond motifs is 2. The highest BCUT2D eigenvalue weighted by Crippen LogP contribution is 2.32. The van der Waals surface area contributed by atoms with Crippen LogP contribution < -0.4 is 4.74 Å². The SMILES string of the molecule is CC(C)CN1C(=O)c2ccc(Oc3ccc4c(c3)C(=O)N(CC(C)C)C4=O)cc2C1=O. The van der Waals surface area contributed by atoms with Crippen LogP contribution in [0.15, 0.2) is 36.4 Å². The van der Waals surface area contributed by atoms with E-state index in [4.69, 9.17) is 4.74 Å². The summed E-state index contributed by atoms with van der Waals surface area (Å²) >= 11 is 0. The van der Waals surface area contributed by atoms with Crippen LogP contribution in [0.3, 0.4) is 0 Å². The van der Waals surface area contributed by atoms with E-state index in [9.17, 15) is 19.2 Å². The van der Waals surface area contributed by atoms with Crippen LogP contribution in [0.1, 0.15) is 69.1 Å². The lowest BCUT2D eigenvalue weighted by Crippen LogP contribution is -2.33. The van der Waals surface area contributed by atoms with E-state index in [1.54, 1.807) is 36.4 Å². The molecular formula is C24H24N2O5. The molecule has 0 unspecified atom stereocenters. The van der Waals surface area contributed by atoms with Crippen LogP contribution in [0.5, 0.6) is 11.5 Å². The van der Waals surface area contributed by atoms with E-state index in [-0.39, 0.29) is 35.5 Å². The van der Waals surface area contributed by atoms with Gasteiger partial charge in [-0.3, -0.25) is 29.0 Å². The number of benzene rings is 2. The van der Waals surface area contributed by atoms with Gasteiger partial charge in [-0.05, 0) is 48.2 Å². The molecule has 4 amide bonds. The summed E-state index contributed by atoms with van der Waals surface area (Å²) in [6.07, 6.45) is 0. The molecule has 0 N–H and O–H groups in total. The minimum atomic E-state index is -0.335. The highest BCUT2D eigenvalue weighted by Gasteiger charge is 2.37. The lowest BCUT2D eigenvalue weighted by Gasteiger charge is -2.15. The van der Waals surface area contributed by atoms with Crippen molar-refractivity contribution in [3.05, 3.63) is 58.7 Å². The Bertz CT molecular complexity index is 1030. The van der Waals surface area contributed by atoms with Crippen molar-refractivity contribution in [2.45, 2.75) is 27.7 Å². The maximum atomic E-state index is 12.7. The molecule has 0 atom stereocenters. The second kappa shape index (κ2) is 7.65. The molecule has 0 bridgehead atoms. The number of imide groups is 2. The predicted molar refractivity (Wildman–Crippen MR) is 113 cm³/mol. The lowest BCUT2D eigenvalue weighted by molar-refractivity contribution is 0.0621. The van der Waals surface area contributed by atoms with Crippen LogP contribution in [0.4, 0.5) is 0 Å². The molecule has 31 heavy (non-hydrogen) atoms. The molecule has 2 aliphatic heterocycles. The molecule has 7 nitrogen and oxygen atoms in total. The van der Waals surface area contributed by atoms with Gasteiger partial charge in [-0.1, -0.05) is 27.7 Å². The molecule has 160 valence electrons. The molecule has 0 fully saturated rings. The average molecular weight is 420 g/mol. The van der Waals surface area contributed by atoms with Gasteiger partial charge in [0.2, 0.25) is 0 Å². The molecule has 0 aromatic heterocycles. The van der Waals surface area contributed by atoms with Gasteiger partial charge < -0.3 is 4.74 Å². The van der Waals surface area contributed by atoms with Gasteiger partial charge in [0.05, 0.1) is 22.3 Å². The number of nitrogens with zero attached hydrogens (tertiary/aromatic N) is 2. The van der Waals surface area contributed by atoms with Crippen molar-refractivity contribution >= 4 is 23.6 Å². The van der Waals surface area contributed by atoms with Gasteiger partial charge in [0.1, 0.15) is 11.5 Å². The van der Waals surface area contributed by atoms with Crippen molar-refractivity contribution in [2.75, 3.05) is 13.1 Å². The van der Waals surface area contributed by atoms with Crippen molar-refractivity contribution in [1.82, 2.24) is 9.80 Å². The normalized spacial score (nSPS) is 15.4. The molecule has 2 aromatic carbocycles. The van der Waals surface area contributed by atoms with E-state index in [0.717, 1.165) is 0 Å². The fraction of sp³-hybridized carbons (Fsp3) is 0.333. The molecule has 0 aliphatic carbocycles. The van der Waals surface area contributed by atoms with Gasteiger partial charge in [0.25, 0.3) is 23.6 Å². The number of rotatable bonds is 6.